The van der Waals surface area contributed by atoms with Crippen LogP contribution in [0.15, 0.2) is 28.2 Å². The number of sulfonamides is 1. The van der Waals surface area contributed by atoms with E-state index in [9.17, 15) is 13.2 Å². The summed E-state index contributed by atoms with van der Waals surface area (Å²) in [5, 5.41) is 0. The molecule has 0 saturated heterocycles. The van der Waals surface area contributed by atoms with Gasteiger partial charge in [0.2, 0.25) is 0 Å². The van der Waals surface area contributed by atoms with Crippen LogP contribution in [0.5, 0.6) is 0 Å². The number of hydrogen-bond acceptors (Lipinski definition) is 7. The third kappa shape index (κ3) is 2.94. The molecule has 0 unspecified atom stereocenters. The van der Waals surface area contributed by atoms with Crippen LogP contribution < -0.4 is 4.72 Å². The molecule has 0 aromatic carbocycles. The number of carbonyl (C=O) groups is 1. The number of aromatic nitrogens is 2. The van der Waals surface area contributed by atoms with Gasteiger partial charge in [-0.25, -0.2) is 18.2 Å². The highest BCUT2D eigenvalue weighted by Crippen LogP contribution is 2.23. The Hall–Kier alpha value is -2.00. The number of pyridine rings is 1. The predicted molar refractivity (Wildman–Crippen MR) is 73.2 cm³/mol. The molecule has 2 rings (SSSR count). The van der Waals surface area contributed by atoms with Crippen molar-refractivity contribution in [1.29, 1.82) is 0 Å². The number of nitrogens with one attached hydrogen (secondary N) is 1. The lowest BCUT2D eigenvalue weighted by atomic mass is 10.3. The molecule has 2 aromatic heterocycles. The summed E-state index contributed by atoms with van der Waals surface area (Å²) < 4.78 is 31.1. The van der Waals surface area contributed by atoms with Crippen molar-refractivity contribution in [2.75, 3.05) is 11.8 Å². The van der Waals surface area contributed by atoms with E-state index in [4.69, 9.17) is 0 Å². The van der Waals surface area contributed by atoms with E-state index >= 15 is 0 Å². The van der Waals surface area contributed by atoms with Gasteiger partial charge in [0, 0.05) is 6.20 Å². The highest BCUT2D eigenvalue weighted by molar-refractivity contribution is 7.94. The minimum atomic E-state index is -3.91. The smallest absolute Gasteiger partial charge is 0.358 e. The molecule has 9 heteroatoms. The summed E-state index contributed by atoms with van der Waals surface area (Å²) in [6.45, 7) is 1.79. The summed E-state index contributed by atoms with van der Waals surface area (Å²) in [5.41, 5.74) is 2.16. The molecule has 0 aliphatic rings. The third-order valence-corrected chi connectivity index (χ3v) is 5.04. The van der Waals surface area contributed by atoms with E-state index in [1.54, 1.807) is 19.2 Å². The Morgan fingerprint density at radius 3 is 2.80 bits per heavy atom. The molecule has 0 amide bonds. The van der Waals surface area contributed by atoms with E-state index < -0.39 is 16.0 Å². The second kappa shape index (κ2) is 5.55. The topological polar surface area (TPSA) is 98.2 Å². The average Bonchev–Trinajstić information content (AvgIpc) is 2.87. The van der Waals surface area contributed by atoms with Crippen LogP contribution in [0.25, 0.3) is 0 Å². The van der Waals surface area contributed by atoms with Crippen LogP contribution in [-0.2, 0) is 14.8 Å². The maximum Gasteiger partial charge on any atom is 0.358 e. The Morgan fingerprint density at radius 2 is 2.15 bits per heavy atom. The first-order valence-corrected chi connectivity index (χ1v) is 7.76. The van der Waals surface area contributed by atoms with Gasteiger partial charge in [-0.2, -0.15) is 0 Å². The molecule has 0 atom stereocenters. The Balaban J connectivity index is 2.36. The number of thiazole rings is 1. The largest absolute Gasteiger partial charge is 0.464 e. The quantitative estimate of drug-likeness (QED) is 0.857. The van der Waals surface area contributed by atoms with Gasteiger partial charge in [0.15, 0.2) is 9.90 Å². The van der Waals surface area contributed by atoms with Gasteiger partial charge in [-0.3, -0.25) is 9.71 Å². The molecule has 106 valence electrons. The summed E-state index contributed by atoms with van der Waals surface area (Å²) in [5.74, 6) is -0.797. The van der Waals surface area contributed by atoms with Crippen LogP contribution in [0, 0.1) is 6.92 Å². The van der Waals surface area contributed by atoms with Crippen LogP contribution in [0.2, 0.25) is 0 Å². The number of methoxy groups -OCH3 is 1. The minimum absolute atomic E-state index is 0.189. The van der Waals surface area contributed by atoms with Crippen molar-refractivity contribution in [2.45, 2.75) is 11.1 Å². The average molecular weight is 313 g/mol. The number of nitrogens with zero attached hydrogens (tertiary/aromatic N) is 2. The monoisotopic (exact) mass is 313 g/mol. The van der Waals surface area contributed by atoms with Gasteiger partial charge >= 0.3 is 5.97 Å². The maximum absolute atomic E-state index is 12.2. The Kier molecular flexibility index (Phi) is 4.00. The highest BCUT2D eigenvalue weighted by Gasteiger charge is 2.26. The Labute approximate surface area is 119 Å². The second-order valence-corrected chi connectivity index (χ2v) is 6.57. The van der Waals surface area contributed by atoms with E-state index in [-0.39, 0.29) is 9.90 Å². The number of carbonyl (C=O) groups excluding carboxylic acids is 1. The fourth-order valence-electron chi connectivity index (χ4n) is 1.47. The predicted octanol–water partition coefficient (Wildman–Crippen LogP) is 1.43. The van der Waals surface area contributed by atoms with Crippen LogP contribution in [-0.4, -0.2) is 31.5 Å². The van der Waals surface area contributed by atoms with Crippen molar-refractivity contribution in [3.63, 3.8) is 0 Å². The summed E-state index contributed by atoms with van der Waals surface area (Å²) in [6.07, 6.45) is 2.98. The number of ether oxygens (including phenoxy) is 1. The Morgan fingerprint density at radius 1 is 1.40 bits per heavy atom. The van der Waals surface area contributed by atoms with Crippen molar-refractivity contribution in [1.82, 2.24) is 9.97 Å². The van der Waals surface area contributed by atoms with Gasteiger partial charge in [-0.1, -0.05) is 0 Å². The molecule has 2 aromatic rings. The molecule has 0 fully saturated rings. The number of aryl methyl sites for hydroxylation is 1. The van der Waals surface area contributed by atoms with Crippen LogP contribution in [0.4, 0.5) is 5.69 Å². The fraction of sp³-hybridized carbons (Fsp3) is 0.182. The molecule has 0 radical (unpaired) electrons. The number of esters is 1. The van der Waals surface area contributed by atoms with Gasteiger partial charge in [0.05, 0.1) is 24.5 Å². The van der Waals surface area contributed by atoms with Crippen molar-refractivity contribution in [3.8, 4) is 0 Å². The van der Waals surface area contributed by atoms with E-state index in [0.717, 1.165) is 24.0 Å². The third-order valence-electron chi connectivity index (χ3n) is 2.28. The van der Waals surface area contributed by atoms with E-state index in [2.05, 4.69) is 19.4 Å². The van der Waals surface area contributed by atoms with E-state index in [1.807, 2.05) is 0 Å². The fourth-order valence-corrected chi connectivity index (χ4v) is 3.64. The van der Waals surface area contributed by atoms with Crippen LogP contribution in [0.1, 0.15) is 16.1 Å². The molecular formula is C11H11N3O4S2. The normalized spacial score (nSPS) is 11.1. The van der Waals surface area contributed by atoms with Gasteiger partial charge in [0.1, 0.15) is 0 Å². The molecule has 2 heterocycles. The lowest BCUT2D eigenvalue weighted by Gasteiger charge is -2.07. The standard InChI is InChI=1S/C11H11N3O4S2/c1-7-3-8(5-12-4-7)14-20(16,17)11-9(10(15)18-2)13-6-19-11/h3-6,14H,1-2H3. The van der Waals surface area contributed by atoms with Crippen molar-refractivity contribution in [2.24, 2.45) is 0 Å². The summed E-state index contributed by atoms with van der Waals surface area (Å²) in [7, 11) is -2.74. The Bertz CT molecular complexity index is 740. The van der Waals surface area contributed by atoms with Gasteiger partial charge in [0.25, 0.3) is 10.0 Å². The SMILES string of the molecule is COC(=O)c1ncsc1S(=O)(=O)Nc1cncc(C)c1. The van der Waals surface area contributed by atoms with Gasteiger partial charge in [-0.15, -0.1) is 11.3 Å². The number of rotatable bonds is 4. The first-order chi connectivity index (χ1) is 9.44. The van der Waals surface area contributed by atoms with Gasteiger partial charge in [-0.05, 0) is 18.6 Å². The van der Waals surface area contributed by atoms with Crippen molar-refractivity contribution < 1.29 is 17.9 Å². The minimum Gasteiger partial charge on any atom is -0.464 e. The summed E-state index contributed by atoms with van der Waals surface area (Å²) in [6, 6.07) is 1.63. The molecular weight excluding hydrogens is 302 g/mol. The molecule has 20 heavy (non-hydrogen) atoms. The summed E-state index contributed by atoms with van der Waals surface area (Å²) >= 11 is 0.841. The zero-order chi connectivity index (χ0) is 14.8. The molecule has 0 bridgehead atoms. The zero-order valence-corrected chi connectivity index (χ0v) is 12.3. The molecule has 1 N–H and O–H groups in total. The first kappa shape index (κ1) is 14.4. The number of hydrogen-bond donors (Lipinski definition) is 1. The van der Waals surface area contributed by atoms with Crippen LogP contribution in [0.3, 0.4) is 0 Å². The van der Waals surface area contributed by atoms with E-state index in [0.29, 0.717) is 5.69 Å². The number of anilines is 1. The molecule has 0 aliphatic heterocycles. The molecule has 7 nitrogen and oxygen atoms in total. The van der Waals surface area contributed by atoms with Crippen molar-refractivity contribution >= 4 is 33.0 Å². The van der Waals surface area contributed by atoms with Crippen LogP contribution >= 0.6 is 11.3 Å². The first-order valence-electron chi connectivity index (χ1n) is 5.40. The van der Waals surface area contributed by atoms with Crippen molar-refractivity contribution in [3.05, 3.63) is 35.2 Å². The molecule has 0 spiro atoms. The lowest BCUT2D eigenvalue weighted by molar-refractivity contribution is 0.0590. The maximum atomic E-state index is 12.2. The molecule has 0 saturated carbocycles. The molecule has 0 aliphatic carbocycles. The van der Waals surface area contributed by atoms with E-state index in [1.165, 1.54) is 11.7 Å². The lowest BCUT2D eigenvalue weighted by Crippen LogP contribution is -2.16. The summed E-state index contributed by atoms with van der Waals surface area (Å²) in [4.78, 5) is 19.1. The second-order valence-electron chi connectivity index (χ2n) is 3.84. The van der Waals surface area contributed by atoms with Gasteiger partial charge < -0.3 is 4.74 Å². The highest BCUT2D eigenvalue weighted by atomic mass is 32.2. The zero-order valence-electron chi connectivity index (χ0n) is 10.7.